The summed E-state index contributed by atoms with van der Waals surface area (Å²) >= 11 is 0. The first-order chi connectivity index (χ1) is 18.1. The molecule has 2 rings (SSSR count). The maximum absolute atomic E-state index is 12.0. The van der Waals surface area contributed by atoms with Gasteiger partial charge in [0.1, 0.15) is 11.5 Å². The predicted octanol–water partition coefficient (Wildman–Crippen LogP) is 5.46. The second-order valence-corrected chi connectivity index (χ2v) is 9.11. The fourth-order valence-corrected chi connectivity index (χ4v) is 3.74. The second kappa shape index (κ2) is 18.8. The standard InChI is InChI=1S/C29H42N4O4/c1-2-3-4-5-6-7-8-9-10-11-18-31-28(35)16-19-32-29(36)23-37-26-15-14-24(27(34)20-26)21-33-25-13-12-17-30-22-25/h12-15,17,20-22,34H,2-11,16,18-19,23H2,1H3,(H,31,35)(H,32,36). The van der Waals surface area contributed by atoms with Crippen LogP contribution in [0.1, 0.15) is 83.1 Å². The summed E-state index contributed by atoms with van der Waals surface area (Å²) in [4.78, 5) is 32.2. The van der Waals surface area contributed by atoms with Gasteiger partial charge in [-0.25, -0.2) is 0 Å². The number of rotatable bonds is 19. The monoisotopic (exact) mass is 510 g/mol. The van der Waals surface area contributed by atoms with Crippen LogP contribution in [0.4, 0.5) is 5.69 Å². The van der Waals surface area contributed by atoms with Crippen molar-refractivity contribution >= 4 is 23.7 Å². The van der Waals surface area contributed by atoms with Crippen LogP contribution in [-0.4, -0.2) is 47.8 Å². The summed E-state index contributed by atoms with van der Waals surface area (Å²) in [7, 11) is 0. The van der Waals surface area contributed by atoms with E-state index in [0.717, 1.165) is 12.8 Å². The van der Waals surface area contributed by atoms with Crippen LogP contribution in [-0.2, 0) is 9.59 Å². The van der Waals surface area contributed by atoms with Gasteiger partial charge in [-0.2, -0.15) is 0 Å². The first-order valence-corrected chi connectivity index (χ1v) is 13.5. The largest absolute Gasteiger partial charge is 0.507 e. The highest BCUT2D eigenvalue weighted by Gasteiger charge is 2.07. The molecule has 8 nitrogen and oxygen atoms in total. The Morgan fingerprint density at radius 2 is 1.65 bits per heavy atom. The summed E-state index contributed by atoms with van der Waals surface area (Å²) in [6.07, 6.45) is 17.7. The van der Waals surface area contributed by atoms with Crippen LogP contribution in [0.3, 0.4) is 0 Å². The lowest BCUT2D eigenvalue weighted by Gasteiger charge is -2.09. The Kier molecular flexibility index (Phi) is 15.1. The highest BCUT2D eigenvalue weighted by atomic mass is 16.5. The number of nitrogens with zero attached hydrogens (tertiary/aromatic N) is 2. The number of carbonyl (C=O) groups is 2. The van der Waals surface area contributed by atoms with Crippen LogP contribution in [0.25, 0.3) is 0 Å². The molecule has 37 heavy (non-hydrogen) atoms. The zero-order valence-electron chi connectivity index (χ0n) is 22.1. The molecule has 0 spiro atoms. The van der Waals surface area contributed by atoms with Crippen molar-refractivity contribution in [1.29, 1.82) is 0 Å². The Balaban J connectivity index is 1.50. The molecule has 0 saturated heterocycles. The lowest BCUT2D eigenvalue weighted by Crippen LogP contribution is -2.33. The normalized spacial score (nSPS) is 10.9. The molecule has 202 valence electrons. The lowest BCUT2D eigenvalue weighted by atomic mass is 10.1. The number of aromatic hydroxyl groups is 1. The predicted molar refractivity (Wildman–Crippen MR) is 148 cm³/mol. The second-order valence-electron chi connectivity index (χ2n) is 9.11. The molecule has 0 aliphatic heterocycles. The number of hydrogen-bond acceptors (Lipinski definition) is 6. The van der Waals surface area contributed by atoms with Gasteiger partial charge in [-0.15, -0.1) is 0 Å². The average Bonchev–Trinajstić information content (AvgIpc) is 2.90. The van der Waals surface area contributed by atoms with Crippen LogP contribution in [0.2, 0.25) is 0 Å². The van der Waals surface area contributed by atoms with Gasteiger partial charge in [0.05, 0.1) is 11.9 Å². The zero-order valence-corrected chi connectivity index (χ0v) is 22.1. The van der Waals surface area contributed by atoms with Crippen LogP contribution < -0.4 is 15.4 Å². The van der Waals surface area contributed by atoms with Crippen LogP contribution >= 0.6 is 0 Å². The molecule has 0 aliphatic carbocycles. The summed E-state index contributed by atoms with van der Waals surface area (Å²) in [5.41, 5.74) is 1.19. The number of hydrogen-bond donors (Lipinski definition) is 3. The molecule has 8 heteroatoms. The number of pyridine rings is 1. The fourth-order valence-electron chi connectivity index (χ4n) is 3.74. The molecule has 0 unspecified atom stereocenters. The first-order valence-electron chi connectivity index (χ1n) is 13.5. The van der Waals surface area contributed by atoms with Gasteiger partial charge in [-0.05, 0) is 30.7 Å². The average molecular weight is 511 g/mol. The summed E-state index contributed by atoms with van der Waals surface area (Å²) < 4.78 is 5.44. The molecule has 1 heterocycles. The minimum atomic E-state index is -0.329. The summed E-state index contributed by atoms with van der Waals surface area (Å²) in [6.45, 7) is 2.96. The summed E-state index contributed by atoms with van der Waals surface area (Å²) in [6, 6.07) is 8.32. The van der Waals surface area contributed by atoms with Crippen molar-refractivity contribution in [3.05, 3.63) is 48.3 Å². The molecule has 2 amide bonds. The molecule has 0 atom stereocenters. The van der Waals surface area contributed by atoms with Gasteiger partial charge in [0.15, 0.2) is 6.61 Å². The van der Waals surface area contributed by atoms with E-state index >= 15 is 0 Å². The third-order valence-corrected chi connectivity index (χ3v) is 5.90. The van der Waals surface area contributed by atoms with Crippen LogP contribution in [0.15, 0.2) is 47.7 Å². The summed E-state index contributed by atoms with van der Waals surface area (Å²) in [5, 5.41) is 15.8. The van der Waals surface area contributed by atoms with E-state index in [1.54, 1.807) is 36.7 Å². The number of phenols is 1. The van der Waals surface area contributed by atoms with Crippen LogP contribution in [0, 0.1) is 0 Å². The maximum atomic E-state index is 12.0. The minimum absolute atomic E-state index is 0.00960. The minimum Gasteiger partial charge on any atom is -0.507 e. The number of ether oxygens (including phenoxy) is 1. The Morgan fingerprint density at radius 1 is 0.946 bits per heavy atom. The van der Waals surface area contributed by atoms with E-state index in [-0.39, 0.29) is 37.1 Å². The van der Waals surface area contributed by atoms with Gasteiger partial charge in [-0.1, -0.05) is 64.7 Å². The van der Waals surface area contributed by atoms with Gasteiger partial charge < -0.3 is 20.5 Å². The molecular formula is C29H42N4O4. The van der Waals surface area contributed by atoms with Gasteiger partial charge in [0, 0.05) is 43.6 Å². The molecule has 0 radical (unpaired) electrons. The maximum Gasteiger partial charge on any atom is 0.257 e. The molecule has 0 aliphatic rings. The van der Waals surface area contributed by atoms with E-state index in [0.29, 0.717) is 23.5 Å². The van der Waals surface area contributed by atoms with Crippen molar-refractivity contribution in [3.8, 4) is 11.5 Å². The Morgan fingerprint density at radius 3 is 2.32 bits per heavy atom. The zero-order chi connectivity index (χ0) is 26.6. The van der Waals surface area contributed by atoms with E-state index < -0.39 is 0 Å². The van der Waals surface area contributed by atoms with Gasteiger partial charge >= 0.3 is 0 Å². The van der Waals surface area contributed by atoms with E-state index in [2.05, 4.69) is 27.5 Å². The highest BCUT2D eigenvalue weighted by molar-refractivity contribution is 5.85. The third kappa shape index (κ3) is 14.0. The van der Waals surface area contributed by atoms with Gasteiger partial charge in [-0.3, -0.25) is 19.6 Å². The van der Waals surface area contributed by atoms with Crippen LogP contribution in [0.5, 0.6) is 11.5 Å². The number of carbonyl (C=O) groups excluding carboxylic acids is 2. The Bertz CT molecular complexity index is 950. The lowest BCUT2D eigenvalue weighted by molar-refractivity contribution is -0.123. The quantitative estimate of drug-likeness (QED) is 0.172. The molecular weight excluding hydrogens is 468 g/mol. The SMILES string of the molecule is CCCCCCCCCCCCNC(=O)CCNC(=O)COc1ccc(C=Nc2cccnc2)c(O)c1. The number of amides is 2. The van der Waals surface area contributed by atoms with Crippen molar-refractivity contribution in [1.82, 2.24) is 15.6 Å². The molecule has 1 aromatic carbocycles. The number of nitrogens with one attached hydrogen (secondary N) is 2. The summed E-state index contributed by atoms with van der Waals surface area (Å²) in [5.74, 6) is -0.0418. The first kappa shape index (κ1) is 29.8. The highest BCUT2D eigenvalue weighted by Crippen LogP contribution is 2.23. The van der Waals surface area contributed by atoms with Gasteiger partial charge in [0.2, 0.25) is 5.91 Å². The number of benzene rings is 1. The van der Waals surface area contributed by atoms with Crippen molar-refractivity contribution in [2.24, 2.45) is 4.99 Å². The van der Waals surface area contributed by atoms with E-state index in [4.69, 9.17) is 4.74 Å². The molecule has 0 bridgehead atoms. The Labute approximate surface area is 221 Å². The smallest absolute Gasteiger partial charge is 0.257 e. The van der Waals surface area contributed by atoms with E-state index in [9.17, 15) is 14.7 Å². The molecule has 0 fully saturated rings. The molecule has 3 N–H and O–H groups in total. The molecule has 2 aromatic rings. The fraction of sp³-hybridized carbons (Fsp3) is 0.517. The molecule has 1 aromatic heterocycles. The van der Waals surface area contributed by atoms with E-state index in [1.165, 1.54) is 63.6 Å². The number of unbranched alkanes of at least 4 members (excludes halogenated alkanes) is 9. The number of phenolic OH excluding ortho intramolecular Hbond substituents is 1. The number of aliphatic imine (C=N–C) groups is 1. The van der Waals surface area contributed by atoms with Crippen molar-refractivity contribution in [2.45, 2.75) is 77.6 Å². The van der Waals surface area contributed by atoms with E-state index in [1.807, 2.05) is 0 Å². The number of aromatic nitrogens is 1. The van der Waals surface area contributed by atoms with Crippen molar-refractivity contribution in [2.75, 3.05) is 19.7 Å². The molecule has 0 saturated carbocycles. The van der Waals surface area contributed by atoms with Crippen molar-refractivity contribution in [3.63, 3.8) is 0 Å². The van der Waals surface area contributed by atoms with Crippen molar-refractivity contribution < 1.29 is 19.4 Å². The Hall–Kier alpha value is -3.42. The van der Waals surface area contributed by atoms with Gasteiger partial charge in [0.25, 0.3) is 5.91 Å². The third-order valence-electron chi connectivity index (χ3n) is 5.90. The topological polar surface area (TPSA) is 113 Å².